The summed E-state index contributed by atoms with van der Waals surface area (Å²) in [5, 5.41) is 10.9. The Hall–Kier alpha value is -1.21. The van der Waals surface area contributed by atoms with E-state index in [0.717, 1.165) is 0 Å². The number of carboxylic acid groups (broad SMARTS) is 1. The second kappa shape index (κ2) is 5.65. The maximum atomic E-state index is 12.4. The Morgan fingerprint density at radius 3 is 2.25 bits per heavy atom. The molecule has 0 aromatic rings. The van der Waals surface area contributed by atoms with Crippen molar-refractivity contribution in [3.63, 3.8) is 0 Å². The van der Waals surface area contributed by atoms with Crippen LogP contribution in [0.2, 0.25) is 0 Å². The van der Waals surface area contributed by atoms with E-state index in [1.807, 2.05) is 27.7 Å². The summed E-state index contributed by atoms with van der Waals surface area (Å²) in [4.78, 5) is 21.6. The Morgan fingerprint density at radius 1 is 1.30 bits per heavy atom. The van der Waals surface area contributed by atoms with Gasteiger partial charge in [-0.25, -0.2) is 9.59 Å². The van der Waals surface area contributed by atoms with E-state index < -0.39 is 41.4 Å². The topological polar surface area (TPSA) is 84.9 Å². The van der Waals surface area contributed by atoms with Gasteiger partial charge in [-0.15, -0.1) is 4.39 Å². The lowest BCUT2D eigenvalue weighted by molar-refractivity contribution is -0.273. The molecular weight excluding hydrogens is 269 g/mol. The van der Waals surface area contributed by atoms with Crippen molar-refractivity contribution in [2.45, 2.75) is 58.0 Å². The lowest BCUT2D eigenvalue weighted by Crippen LogP contribution is -2.60. The Morgan fingerprint density at radius 2 is 1.85 bits per heavy atom. The maximum Gasteiger partial charge on any atom is 0.398 e. The number of nitrogens with one attached hydrogen (secondary N) is 1. The molecule has 6 nitrogen and oxygen atoms in total. The molecule has 1 heterocycles. The molecule has 0 radical (unpaired) electrons. The van der Waals surface area contributed by atoms with Crippen molar-refractivity contribution in [2.24, 2.45) is 5.92 Å². The Bertz CT molecular complexity index is 396. The van der Waals surface area contributed by atoms with Crippen molar-refractivity contribution in [2.75, 3.05) is 6.61 Å². The van der Waals surface area contributed by atoms with E-state index in [2.05, 4.69) is 0 Å². The first-order valence-electron chi connectivity index (χ1n) is 6.48. The third kappa shape index (κ3) is 3.46. The molecule has 116 valence electrons. The molecule has 0 aliphatic carbocycles. The van der Waals surface area contributed by atoms with Gasteiger partial charge in [-0.3, -0.25) is 0 Å². The molecule has 1 saturated heterocycles. The Balaban J connectivity index is 2.84. The molecular formula is C13H22FNO5. The Kier molecular flexibility index (Phi) is 4.76. The maximum absolute atomic E-state index is 12.4. The van der Waals surface area contributed by atoms with Gasteiger partial charge in [0.05, 0.1) is 23.9 Å². The molecule has 1 rings (SSSR count). The lowest BCUT2D eigenvalue weighted by Gasteiger charge is -2.49. The number of carboxylic acids is 1. The van der Waals surface area contributed by atoms with Crippen molar-refractivity contribution < 1.29 is 28.6 Å². The van der Waals surface area contributed by atoms with Crippen LogP contribution >= 0.6 is 0 Å². The predicted molar refractivity (Wildman–Crippen MR) is 69.2 cm³/mol. The second-order valence-electron chi connectivity index (χ2n) is 6.08. The van der Waals surface area contributed by atoms with Crippen molar-refractivity contribution in [3.05, 3.63) is 0 Å². The molecule has 1 aliphatic rings. The molecule has 0 unspecified atom stereocenters. The van der Waals surface area contributed by atoms with Gasteiger partial charge >= 0.3 is 12.1 Å². The van der Waals surface area contributed by atoms with E-state index in [9.17, 15) is 14.0 Å². The van der Waals surface area contributed by atoms with Gasteiger partial charge in [-0.2, -0.15) is 0 Å². The highest BCUT2D eigenvalue weighted by molar-refractivity contribution is 5.79. The fourth-order valence-electron chi connectivity index (χ4n) is 2.03. The average Bonchev–Trinajstić information content (AvgIpc) is 2.28. The molecule has 2 N–H and O–H groups in total. The Labute approximate surface area is 117 Å². The number of carbonyl (C=O) groups excluding carboxylic acids is 1. The molecule has 0 aromatic heterocycles. The van der Waals surface area contributed by atoms with Crippen LogP contribution in [0.1, 0.15) is 34.6 Å². The zero-order valence-corrected chi connectivity index (χ0v) is 12.4. The smallest absolute Gasteiger partial charge is 0.398 e. The van der Waals surface area contributed by atoms with Crippen LogP contribution in [0.3, 0.4) is 0 Å². The van der Waals surface area contributed by atoms with E-state index in [-0.39, 0.29) is 6.61 Å². The van der Waals surface area contributed by atoms with Crippen molar-refractivity contribution in [3.8, 4) is 0 Å². The predicted octanol–water partition coefficient (Wildman–Crippen LogP) is 1.73. The fraction of sp³-hybridized carbons (Fsp3) is 0.846. The van der Waals surface area contributed by atoms with E-state index in [0.29, 0.717) is 0 Å². The summed E-state index contributed by atoms with van der Waals surface area (Å²) < 4.78 is 24.1. The number of halogens is 1. The summed E-state index contributed by atoms with van der Waals surface area (Å²) in [6.45, 7) is 9.21. The molecule has 20 heavy (non-hydrogen) atoms. The first-order chi connectivity index (χ1) is 8.98. The minimum atomic E-state index is -1.87. The number of rotatable bonds is 4. The second-order valence-corrected chi connectivity index (χ2v) is 6.08. The monoisotopic (exact) mass is 291 g/mol. The van der Waals surface area contributed by atoms with E-state index in [4.69, 9.17) is 14.6 Å². The number of hydrogen-bond donors (Lipinski definition) is 2. The molecule has 1 fully saturated rings. The van der Waals surface area contributed by atoms with Crippen LogP contribution in [-0.2, 0) is 14.3 Å². The van der Waals surface area contributed by atoms with Gasteiger partial charge in [0.2, 0.25) is 0 Å². The highest BCUT2D eigenvalue weighted by Gasteiger charge is 2.48. The quantitative estimate of drug-likeness (QED) is 0.608. The van der Waals surface area contributed by atoms with Crippen LogP contribution in [-0.4, -0.2) is 47.2 Å². The summed E-state index contributed by atoms with van der Waals surface area (Å²) in [6, 6.07) is -1.36. The van der Waals surface area contributed by atoms with Crippen LogP contribution in [0.25, 0.3) is 0 Å². The minimum Gasteiger partial charge on any atom is -0.480 e. The number of amides is 1. The summed E-state index contributed by atoms with van der Waals surface area (Å²) in [7, 11) is 0. The third-order valence-corrected chi connectivity index (χ3v) is 4.15. The molecule has 0 aromatic carbocycles. The minimum absolute atomic E-state index is 0.184. The van der Waals surface area contributed by atoms with E-state index in [1.165, 1.54) is 0 Å². The summed E-state index contributed by atoms with van der Waals surface area (Å²) in [6.07, 6.45) is -2.42. The molecule has 7 heteroatoms. The first kappa shape index (κ1) is 16.8. The van der Waals surface area contributed by atoms with Crippen LogP contribution in [0.4, 0.5) is 9.18 Å². The van der Waals surface area contributed by atoms with Gasteiger partial charge in [0.1, 0.15) is 6.04 Å². The van der Waals surface area contributed by atoms with Gasteiger partial charge in [-0.1, -0.05) is 6.92 Å². The molecule has 1 aliphatic heterocycles. The molecule has 3 atom stereocenters. The van der Waals surface area contributed by atoms with Crippen LogP contribution in [0.5, 0.6) is 0 Å². The van der Waals surface area contributed by atoms with E-state index >= 15 is 0 Å². The van der Waals surface area contributed by atoms with Gasteiger partial charge < -0.3 is 19.9 Å². The zero-order valence-electron chi connectivity index (χ0n) is 12.4. The number of aliphatic carboxylic acids is 1. The first-order valence-corrected chi connectivity index (χ1v) is 6.48. The van der Waals surface area contributed by atoms with Gasteiger partial charge in [0, 0.05) is 5.92 Å². The van der Waals surface area contributed by atoms with Crippen LogP contribution in [0, 0.1) is 5.92 Å². The number of carbonyl (C=O) groups is 2. The molecule has 1 amide bonds. The number of hydrogen-bond acceptors (Lipinski definition) is 4. The fourth-order valence-corrected chi connectivity index (χ4v) is 2.03. The van der Waals surface area contributed by atoms with Gasteiger partial charge in [0.15, 0.2) is 0 Å². The van der Waals surface area contributed by atoms with Gasteiger partial charge in [0.25, 0.3) is 0 Å². The standard InChI is InChI=1S/C13H22FNO5/c1-7(9(10(16)17)15-11(14)18)8-6-19-12(2,3)13(4,5)20-8/h7-9H,6H2,1-5H3,(H,15,18)(H,16,17)/t7-,8-,9-/m0/s1. The summed E-state index contributed by atoms with van der Waals surface area (Å²) in [5.41, 5.74) is -1.15. The lowest BCUT2D eigenvalue weighted by atomic mass is 9.85. The zero-order chi connectivity index (χ0) is 15.7. The van der Waals surface area contributed by atoms with Crippen LogP contribution in [0.15, 0.2) is 0 Å². The normalized spacial score (nSPS) is 27.4. The average molecular weight is 291 g/mol. The van der Waals surface area contributed by atoms with Crippen LogP contribution < -0.4 is 5.32 Å². The van der Waals surface area contributed by atoms with Gasteiger partial charge in [-0.05, 0) is 27.7 Å². The van der Waals surface area contributed by atoms with Crippen molar-refractivity contribution in [1.29, 1.82) is 0 Å². The SMILES string of the molecule is C[C@@H]([C@@H]1COC(C)(C)C(C)(C)O1)[C@H](NC(=O)F)C(=O)O. The van der Waals surface area contributed by atoms with Crippen molar-refractivity contribution >= 4 is 12.1 Å². The molecule has 0 bridgehead atoms. The third-order valence-electron chi connectivity index (χ3n) is 4.15. The van der Waals surface area contributed by atoms with Crippen molar-refractivity contribution in [1.82, 2.24) is 5.32 Å². The number of ether oxygens (including phenoxy) is 2. The highest BCUT2D eigenvalue weighted by Crippen LogP contribution is 2.36. The molecule has 0 saturated carbocycles. The highest BCUT2D eigenvalue weighted by atomic mass is 19.1. The summed E-state index contributed by atoms with van der Waals surface area (Å²) in [5.74, 6) is -1.95. The summed E-state index contributed by atoms with van der Waals surface area (Å²) >= 11 is 0. The van der Waals surface area contributed by atoms with E-state index in [1.54, 1.807) is 12.2 Å². The largest absolute Gasteiger partial charge is 0.480 e. The molecule has 0 spiro atoms.